The van der Waals surface area contributed by atoms with E-state index in [0.717, 1.165) is 17.6 Å². The fourth-order valence-corrected chi connectivity index (χ4v) is 4.83. The van der Waals surface area contributed by atoms with Gasteiger partial charge in [0.2, 0.25) is 5.60 Å². The van der Waals surface area contributed by atoms with Gasteiger partial charge in [-0.2, -0.15) is 0 Å². The molecule has 0 bridgehead atoms. The van der Waals surface area contributed by atoms with Gasteiger partial charge in [-0.3, -0.25) is 0 Å². The molecule has 31 heavy (non-hydrogen) atoms. The van der Waals surface area contributed by atoms with Gasteiger partial charge in [-0.15, -0.1) is 0 Å². The van der Waals surface area contributed by atoms with Crippen LogP contribution < -0.4 is 0 Å². The van der Waals surface area contributed by atoms with Crippen molar-refractivity contribution in [1.29, 1.82) is 0 Å². The van der Waals surface area contributed by atoms with Crippen LogP contribution in [0, 0.1) is 11.8 Å². The van der Waals surface area contributed by atoms with Gasteiger partial charge in [-0.1, -0.05) is 34.9 Å². The molecule has 0 radical (unpaired) electrons. The zero-order chi connectivity index (χ0) is 23.1. The third-order valence-corrected chi connectivity index (χ3v) is 7.01. The highest BCUT2D eigenvalue weighted by Gasteiger charge is 2.64. The zero-order valence-corrected chi connectivity index (χ0v) is 19.4. The Balaban J connectivity index is 2.08. The average Bonchev–Trinajstić information content (AvgIpc) is 3.19. The van der Waals surface area contributed by atoms with Gasteiger partial charge in [-0.25, -0.2) is 14.4 Å². The van der Waals surface area contributed by atoms with Gasteiger partial charge in [0, 0.05) is 23.5 Å². The summed E-state index contributed by atoms with van der Waals surface area (Å²) >= 11 is 0. The lowest BCUT2D eigenvalue weighted by molar-refractivity contribution is -0.175. The molecule has 3 aliphatic rings. The number of fused-ring (bicyclic) bond motifs is 3. The summed E-state index contributed by atoms with van der Waals surface area (Å²) in [5.41, 5.74) is 2.76. The number of carbonyl (C=O) groups is 3. The van der Waals surface area contributed by atoms with E-state index < -0.39 is 41.6 Å². The molecule has 5 atom stereocenters. The molecule has 1 saturated heterocycles. The van der Waals surface area contributed by atoms with Gasteiger partial charge >= 0.3 is 17.9 Å². The molecule has 168 valence electrons. The molecule has 2 aliphatic carbocycles. The Morgan fingerprint density at radius 3 is 2.35 bits per heavy atom. The van der Waals surface area contributed by atoms with Gasteiger partial charge in [0.05, 0.1) is 5.92 Å². The van der Waals surface area contributed by atoms with E-state index in [2.05, 4.69) is 6.08 Å². The van der Waals surface area contributed by atoms with Crippen molar-refractivity contribution < 1.29 is 28.6 Å². The molecule has 0 N–H and O–H groups in total. The largest absolute Gasteiger partial charge is 0.458 e. The molecule has 0 aromatic carbocycles. The maximum Gasteiger partial charge on any atom is 0.351 e. The Morgan fingerprint density at radius 2 is 1.74 bits per heavy atom. The smallest absolute Gasteiger partial charge is 0.351 e. The van der Waals surface area contributed by atoms with Crippen LogP contribution in [0.15, 0.2) is 46.1 Å². The highest BCUT2D eigenvalue weighted by atomic mass is 16.6. The van der Waals surface area contributed by atoms with E-state index in [0.29, 0.717) is 17.6 Å². The highest BCUT2D eigenvalue weighted by molar-refractivity contribution is 5.92. The zero-order valence-electron chi connectivity index (χ0n) is 19.4. The molecule has 3 rings (SSSR count). The van der Waals surface area contributed by atoms with Crippen molar-refractivity contribution in [3.63, 3.8) is 0 Å². The van der Waals surface area contributed by atoms with Gasteiger partial charge in [0.1, 0.15) is 12.2 Å². The van der Waals surface area contributed by atoms with Crippen molar-refractivity contribution in [2.75, 3.05) is 0 Å². The summed E-state index contributed by atoms with van der Waals surface area (Å²) < 4.78 is 17.6. The lowest BCUT2D eigenvalue weighted by atomic mass is 9.77. The number of hydrogen-bond acceptors (Lipinski definition) is 6. The lowest BCUT2D eigenvalue weighted by Gasteiger charge is -2.35. The molecule has 0 spiro atoms. The molecule has 0 aromatic rings. The van der Waals surface area contributed by atoms with Gasteiger partial charge < -0.3 is 14.2 Å². The summed E-state index contributed by atoms with van der Waals surface area (Å²) in [4.78, 5) is 38.4. The van der Waals surface area contributed by atoms with Crippen molar-refractivity contribution in [3.05, 3.63) is 46.1 Å². The van der Waals surface area contributed by atoms with Crippen molar-refractivity contribution in [2.45, 2.75) is 79.1 Å². The van der Waals surface area contributed by atoms with Crippen LogP contribution in [0.2, 0.25) is 0 Å². The minimum atomic E-state index is -1.56. The third kappa shape index (κ3) is 3.88. The molecular formula is C25H32O6. The molecule has 0 unspecified atom stereocenters. The second-order valence-electron chi connectivity index (χ2n) is 8.92. The van der Waals surface area contributed by atoms with E-state index in [1.165, 1.54) is 5.57 Å². The monoisotopic (exact) mass is 428 g/mol. The second kappa shape index (κ2) is 8.48. The topological polar surface area (TPSA) is 78.9 Å². The Hall–Kier alpha value is -2.63. The summed E-state index contributed by atoms with van der Waals surface area (Å²) in [6.07, 6.45) is 5.50. The average molecular weight is 429 g/mol. The Kier molecular flexibility index (Phi) is 6.30. The molecule has 1 aliphatic heterocycles. The van der Waals surface area contributed by atoms with Crippen LogP contribution in [0.25, 0.3) is 0 Å². The fourth-order valence-electron chi connectivity index (χ4n) is 4.83. The van der Waals surface area contributed by atoms with E-state index in [-0.39, 0.29) is 5.92 Å². The van der Waals surface area contributed by atoms with Crippen molar-refractivity contribution in [3.8, 4) is 0 Å². The Bertz CT molecular complexity index is 934. The number of rotatable bonds is 4. The summed E-state index contributed by atoms with van der Waals surface area (Å²) in [5.74, 6) is -2.33. The fraction of sp³-hybridized carbons (Fsp3) is 0.560. The summed E-state index contributed by atoms with van der Waals surface area (Å²) in [6.45, 7) is 12.5. The molecule has 6 nitrogen and oxygen atoms in total. The maximum atomic E-state index is 13.1. The standard InChI is InChI=1S/C25H32O6/c1-8-13(3)22(26)29-18-12-16(6)17-11-10-15(5)19(17)21-20(18)25(7,24(28)30-21)31-23(27)14(4)9-2/h8-10,18-21H,11-12H2,1-7H3/b13-8-,14-9-/t18-,19-,20-,21+,25-/m0/s1. The predicted molar refractivity (Wildman–Crippen MR) is 116 cm³/mol. The predicted octanol–water partition coefficient (Wildman–Crippen LogP) is 4.36. The molecule has 1 heterocycles. The first-order chi connectivity index (χ1) is 14.5. The van der Waals surface area contributed by atoms with Crippen LogP contribution in [0.4, 0.5) is 0 Å². The first-order valence-electron chi connectivity index (χ1n) is 10.8. The highest BCUT2D eigenvalue weighted by Crippen LogP contribution is 2.52. The Labute approximate surface area is 184 Å². The van der Waals surface area contributed by atoms with E-state index in [1.54, 1.807) is 46.8 Å². The van der Waals surface area contributed by atoms with Crippen LogP contribution in [-0.2, 0) is 28.6 Å². The molecule has 0 saturated carbocycles. The maximum absolute atomic E-state index is 13.1. The molecular weight excluding hydrogens is 396 g/mol. The molecule has 1 fully saturated rings. The lowest BCUT2D eigenvalue weighted by Crippen LogP contribution is -2.50. The SMILES string of the molecule is C/C=C(/C)C(=O)O[C@H]1CC(C)=C2CC=C(C)[C@@H]2[C@H]2OC(=O)[C@@](C)(OC(=O)/C(C)=C\C)[C@H]21. The van der Waals surface area contributed by atoms with Gasteiger partial charge in [-0.05, 0) is 54.9 Å². The number of esters is 3. The van der Waals surface area contributed by atoms with Crippen molar-refractivity contribution >= 4 is 17.9 Å². The third-order valence-electron chi connectivity index (χ3n) is 7.01. The number of hydrogen-bond donors (Lipinski definition) is 0. The molecule has 6 heteroatoms. The van der Waals surface area contributed by atoms with E-state index in [1.807, 2.05) is 13.8 Å². The minimum absolute atomic E-state index is 0.0937. The van der Waals surface area contributed by atoms with E-state index in [9.17, 15) is 14.4 Å². The second-order valence-corrected chi connectivity index (χ2v) is 8.92. The van der Waals surface area contributed by atoms with E-state index in [4.69, 9.17) is 14.2 Å². The normalized spacial score (nSPS) is 33.3. The first kappa shape index (κ1) is 23.0. The van der Waals surface area contributed by atoms with Crippen LogP contribution in [0.3, 0.4) is 0 Å². The van der Waals surface area contributed by atoms with Crippen LogP contribution >= 0.6 is 0 Å². The van der Waals surface area contributed by atoms with E-state index >= 15 is 0 Å². The summed E-state index contributed by atoms with van der Waals surface area (Å²) in [5, 5.41) is 0. The summed E-state index contributed by atoms with van der Waals surface area (Å²) in [7, 11) is 0. The summed E-state index contributed by atoms with van der Waals surface area (Å²) in [6, 6.07) is 0. The Morgan fingerprint density at radius 1 is 1.13 bits per heavy atom. The van der Waals surface area contributed by atoms with Crippen LogP contribution in [0.5, 0.6) is 0 Å². The quantitative estimate of drug-likeness (QED) is 0.286. The van der Waals surface area contributed by atoms with Gasteiger partial charge in [0.15, 0.2) is 0 Å². The first-order valence-corrected chi connectivity index (χ1v) is 10.8. The minimum Gasteiger partial charge on any atom is -0.458 e. The molecule has 0 amide bonds. The van der Waals surface area contributed by atoms with Crippen molar-refractivity contribution in [1.82, 2.24) is 0 Å². The number of carbonyl (C=O) groups excluding carboxylic acids is 3. The van der Waals surface area contributed by atoms with Crippen LogP contribution in [-0.4, -0.2) is 35.7 Å². The number of allylic oxidation sites excluding steroid dienone is 3. The van der Waals surface area contributed by atoms with Crippen LogP contribution in [0.1, 0.15) is 61.3 Å². The van der Waals surface area contributed by atoms with Gasteiger partial charge in [0.25, 0.3) is 0 Å². The van der Waals surface area contributed by atoms with Crippen molar-refractivity contribution in [2.24, 2.45) is 11.8 Å². The number of ether oxygens (including phenoxy) is 3. The molecule has 0 aromatic heterocycles.